The maximum atomic E-state index is 12.6. The highest BCUT2D eigenvalue weighted by Crippen LogP contribution is 2.29. The molecule has 154 valence electrons. The highest BCUT2D eigenvalue weighted by atomic mass is 19.4. The number of halogens is 3. The lowest BCUT2D eigenvalue weighted by molar-refractivity contribution is -0.137. The molecule has 0 aliphatic carbocycles. The highest BCUT2D eigenvalue weighted by Gasteiger charge is 2.29. The Labute approximate surface area is 167 Å². The summed E-state index contributed by atoms with van der Waals surface area (Å²) in [5.74, 6) is 0.644. The molecule has 5 nitrogen and oxygen atoms in total. The number of fused-ring (bicyclic) bond motifs is 1. The summed E-state index contributed by atoms with van der Waals surface area (Å²) in [6.07, 6.45) is -3.81. The van der Waals surface area contributed by atoms with Gasteiger partial charge in [0.1, 0.15) is 0 Å². The van der Waals surface area contributed by atoms with Crippen LogP contribution in [0.15, 0.2) is 42.5 Å². The Morgan fingerprint density at radius 1 is 1.17 bits per heavy atom. The third kappa shape index (κ3) is 4.70. The molecule has 0 fully saturated rings. The summed E-state index contributed by atoms with van der Waals surface area (Å²) >= 11 is 0. The number of aromatic nitrogens is 2. The van der Waals surface area contributed by atoms with Gasteiger partial charge in [-0.3, -0.25) is 4.79 Å². The molecule has 0 saturated carbocycles. The number of carbonyl (C=O) groups is 1. The molecule has 0 aliphatic heterocycles. The number of benzene rings is 2. The van der Waals surface area contributed by atoms with Gasteiger partial charge in [0, 0.05) is 32.7 Å². The monoisotopic (exact) mass is 404 g/mol. The van der Waals surface area contributed by atoms with Gasteiger partial charge < -0.3 is 14.8 Å². The van der Waals surface area contributed by atoms with Gasteiger partial charge in [-0.25, -0.2) is 4.98 Å². The Balaban J connectivity index is 1.64. The number of nitrogens with one attached hydrogen (secondary N) is 1. The summed E-state index contributed by atoms with van der Waals surface area (Å²) < 4.78 is 39.8. The first-order valence-electron chi connectivity index (χ1n) is 9.32. The third-order valence-corrected chi connectivity index (χ3v) is 4.88. The zero-order chi connectivity index (χ0) is 21.2. The lowest BCUT2D eigenvalue weighted by Gasteiger charge is -2.15. The van der Waals surface area contributed by atoms with E-state index in [0.29, 0.717) is 17.7 Å². The van der Waals surface area contributed by atoms with Crippen LogP contribution in [0.4, 0.5) is 24.8 Å². The van der Waals surface area contributed by atoms with Crippen molar-refractivity contribution >= 4 is 28.6 Å². The average molecular weight is 404 g/mol. The van der Waals surface area contributed by atoms with E-state index in [9.17, 15) is 18.0 Å². The lowest BCUT2D eigenvalue weighted by atomic mass is 10.1. The van der Waals surface area contributed by atoms with E-state index >= 15 is 0 Å². The van der Waals surface area contributed by atoms with E-state index in [1.165, 1.54) is 12.1 Å². The van der Waals surface area contributed by atoms with Gasteiger partial charge in [0.15, 0.2) is 0 Å². The van der Waals surface area contributed by atoms with Crippen LogP contribution in [-0.4, -0.2) is 29.1 Å². The largest absolute Gasteiger partial charge is 0.416 e. The predicted octanol–water partition coefficient (Wildman–Crippen LogP) is 4.62. The van der Waals surface area contributed by atoms with Crippen LogP contribution in [0, 0.1) is 0 Å². The number of hydrogen-bond donors (Lipinski definition) is 1. The zero-order valence-electron chi connectivity index (χ0n) is 16.5. The first-order chi connectivity index (χ1) is 13.7. The SMILES string of the molecule is CCN(C)c1nc2ccc(NC(=O)CCc3ccc(C(F)(F)F)cc3)cc2n1C. The molecular weight excluding hydrogens is 381 g/mol. The van der Waals surface area contributed by atoms with Gasteiger partial charge in [-0.05, 0) is 49.2 Å². The topological polar surface area (TPSA) is 50.2 Å². The lowest BCUT2D eigenvalue weighted by Crippen LogP contribution is -2.19. The number of amides is 1. The second kappa shape index (κ2) is 8.14. The Morgan fingerprint density at radius 2 is 1.86 bits per heavy atom. The minimum Gasteiger partial charge on any atom is -0.346 e. The van der Waals surface area contributed by atoms with Crippen molar-refractivity contribution in [2.45, 2.75) is 25.9 Å². The smallest absolute Gasteiger partial charge is 0.346 e. The van der Waals surface area contributed by atoms with Crippen molar-refractivity contribution in [2.24, 2.45) is 7.05 Å². The number of alkyl halides is 3. The predicted molar refractivity (Wildman–Crippen MR) is 108 cm³/mol. The molecule has 1 heterocycles. The second-order valence-electron chi connectivity index (χ2n) is 6.93. The van der Waals surface area contributed by atoms with Gasteiger partial charge in [0.2, 0.25) is 11.9 Å². The Kier molecular flexibility index (Phi) is 5.81. The highest BCUT2D eigenvalue weighted by molar-refractivity contribution is 5.93. The molecule has 1 aromatic heterocycles. The van der Waals surface area contributed by atoms with E-state index in [-0.39, 0.29) is 12.3 Å². The van der Waals surface area contributed by atoms with Gasteiger partial charge in [0.25, 0.3) is 0 Å². The third-order valence-electron chi connectivity index (χ3n) is 4.88. The summed E-state index contributed by atoms with van der Waals surface area (Å²) in [6, 6.07) is 10.4. The fraction of sp³-hybridized carbons (Fsp3) is 0.333. The van der Waals surface area contributed by atoms with E-state index in [2.05, 4.69) is 10.3 Å². The molecule has 3 aromatic rings. The summed E-state index contributed by atoms with van der Waals surface area (Å²) in [7, 11) is 3.89. The molecule has 2 aromatic carbocycles. The Bertz CT molecular complexity index is 1010. The van der Waals surface area contributed by atoms with Gasteiger partial charge >= 0.3 is 6.18 Å². The van der Waals surface area contributed by atoms with Crippen molar-refractivity contribution in [3.05, 3.63) is 53.6 Å². The van der Waals surface area contributed by atoms with Crippen LogP contribution in [0.25, 0.3) is 11.0 Å². The fourth-order valence-electron chi connectivity index (χ4n) is 3.08. The van der Waals surface area contributed by atoms with Crippen molar-refractivity contribution in [3.63, 3.8) is 0 Å². The van der Waals surface area contributed by atoms with E-state index in [0.717, 1.165) is 35.7 Å². The van der Waals surface area contributed by atoms with Crippen LogP contribution in [-0.2, 0) is 24.4 Å². The van der Waals surface area contributed by atoms with E-state index in [4.69, 9.17) is 0 Å². The summed E-state index contributed by atoms with van der Waals surface area (Å²) in [5.41, 5.74) is 2.39. The van der Waals surface area contributed by atoms with Crippen LogP contribution >= 0.6 is 0 Å². The summed E-state index contributed by atoms with van der Waals surface area (Å²) in [6.45, 7) is 2.87. The minimum atomic E-state index is -4.36. The van der Waals surface area contributed by atoms with E-state index in [1.807, 2.05) is 42.6 Å². The Hall–Kier alpha value is -3.03. The number of anilines is 2. The van der Waals surface area contributed by atoms with Crippen molar-refractivity contribution in [1.82, 2.24) is 9.55 Å². The molecule has 1 amide bonds. The summed E-state index contributed by atoms with van der Waals surface area (Å²) in [5, 5.41) is 2.85. The van der Waals surface area contributed by atoms with Crippen LogP contribution < -0.4 is 10.2 Å². The first-order valence-corrected chi connectivity index (χ1v) is 9.32. The van der Waals surface area contributed by atoms with Gasteiger partial charge in [-0.15, -0.1) is 0 Å². The summed E-state index contributed by atoms with van der Waals surface area (Å²) in [4.78, 5) is 18.9. The molecule has 0 atom stereocenters. The van der Waals surface area contributed by atoms with Crippen LogP contribution in [0.1, 0.15) is 24.5 Å². The normalized spacial score (nSPS) is 11.7. The van der Waals surface area contributed by atoms with Gasteiger partial charge in [-0.2, -0.15) is 13.2 Å². The molecular formula is C21H23F3N4O. The van der Waals surface area contributed by atoms with Crippen molar-refractivity contribution in [2.75, 3.05) is 23.8 Å². The second-order valence-corrected chi connectivity index (χ2v) is 6.93. The number of hydrogen-bond acceptors (Lipinski definition) is 3. The molecule has 1 N–H and O–H groups in total. The van der Waals surface area contributed by atoms with Gasteiger partial charge in [0.05, 0.1) is 16.6 Å². The first kappa shape index (κ1) is 20.7. The molecule has 8 heteroatoms. The molecule has 0 spiro atoms. The number of aryl methyl sites for hydroxylation is 2. The quantitative estimate of drug-likeness (QED) is 0.652. The van der Waals surface area contributed by atoms with Crippen molar-refractivity contribution in [1.29, 1.82) is 0 Å². The van der Waals surface area contributed by atoms with E-state index < -0.39 is 11.7 Å². The van der Waals surface area contributed by atoms with Crippen LogP contribution in [0.5, 0.6) is 0 Å². The molecule has 0 radical (unpaired) electrons. The molecule has 0 aliphatic rings. The molecule has 0 saturated heterocycles. The molecule has 3 rings (SSSR count). The standard InChI is InChI=1S/C21H23F3N4O/c1-4-27(2)20-26-17-11-10-16(13-18(17)28(20)3)25-19(29)12-7-14-5-8-15(9-6-14)21(22,23)24/h5-6,8-11,13H,4,7,12H2,1-3H3,(H,25,29). The van der Waals surface area contributed by atoms with Crippen LogP contribution in [0.2, 0.25) is 0 Å². The fourth-order valence-corrected chi connectivity index (χ4v) is 3.08. The molecule has 0 unspecified atom stereocenters. The maximum absolute atomic E-state index is 12.6. The van der Waals surface area contributed by atoms with Crippen molar-refractivity contribution < 1.29 is 18.0 Å². The maximum Gasteiger partial charge on any atom is 0.416 e. The number of rotatable bonds is 6. The van der Waals surface area contributed by atoms with Crippen molar-refractivity contribution in [3.8, 4) is 0 Å². The number of imidazole rings is 1. The van der Waals surface area contributed by atoms with Gasteiger partial charge in [-0.1, -0.05) is 12.1 Å². The average Bonchev–Trinajstić information content (AvgIpc) is 3.02. The number of nitrogens with zero attached hydrogens (tertiary/aromatic N) is 3. The molecule has 29 heavy (non-hydrogen) atoms. The van der Waals surface area contributed by atoms with Crippen LogP contribution in [0.3, 0.4) is 0 Å². The minimum absolute atomic E-state index is 0.179. The van der Waals surface area contributed by atoms with E-state index in [1.54, 1.807) is 6.07 Å². The molecule has 0 bridgehead atoms. The Morgan fingerprint density at radius 3 is 2.48 bits per heavy atom. The number of carbonyl (C=O) groups excluding carboxylic acids is 1. The zero-order valence-corrected chi connectivity index (χ0v) is 16.5.